The molecule has 1 aliphatic rings. The summed E-state index contributed by atoms with van der Waals surface area (Å²) in [6.07, 6.45) is 6.54. The fourth-order valence-corrected chi connectivity index (χ4v) is 9.95. The van der Waals surface area contributed by atoms with Crippen molar-refractivity contribution in [2.75, 3.05) is 11.9 Å². The molecule has 1 aliphatic heterocycles. The standard InChI is InChI=1S/C37H45N5O4Si/c1-25-34(18-15-26-13-16-29(17-14-26)39-36(44)21-28-22-38-32-12-8-7-11-30(28)32)46-35(37(25)47(2,3)45)19-20-42-23-33(40-41-42)31(24-43)27-9-5-4-6-10-27/h4-14,16-17,22-23,25,31,34-35,37-38,43,45H,15,18-21,24H2,1-3H3,(H,39,44)/t25-,31?,34+,35-,37+/m0/s1. The highest BCUT2D eigenvalue weighted by molar-refractivity contribution is 6.71. The fourth-order valence-electron chi connectivity index (χ4n) is 7.30. The highest BCUT2D eigenvalue weighted by Crippen LogP contribution is 2.45. The van der Waals surface area contributed by atoms with E-state index in [9.17, 15) is 14.7 Å². The third-order valence-electron chi connectivity index (χ3n) is 9.64. The zero-order valence-electron chi connectivity index (χ0n) is 27.3. The molecule has 5 aromatic rings. The number of amides is 1. The van der Waals surface area contributed by atoms with E-state index in [0.717, 1.165) is 52.7 Å². The molecule has 4 N–H and O–H groups in total. The van der Waals surface area contributed by atoms with E-state index < -0.39 is 8.32 Å². The molecule has 9 nitrogen and oxygen atoms in total. The lowest BCUT2D eigenvalue weighted by atomic mass is 9.95. The number of benzene rings is 3. The molecule has 246 valence electrons. The second kappa shape index (κ2) is 14.3. The molecule has 3 heterocycles. The SMILES string of the molecule is C[C@@H]1[C@@H]([Si](C)(C)O)[C@H](CCn2cc(C(CO)c3ccccc3)nn2)O[C@@H]1CCc1ccc(NC(=O)Cc2c[nH]c3ccccc23)cc1. The van der Waals surface area contributed by atoms with Gasteiger partial charge in [0.1, 0.15) is 0 Å². The number of H-pyrrole nitrogens is 1. The van der Waals surface area contributed by atoms with Gasteiger partial charge in [0, 0.05) is 41.1 Å². The number of aromatic nitrogens is 4. The normalized spacial score (nSPS) is 20.4. The van der Waals surface area contributed by atoms with E-state index in [0.29, 0.717) is 13.0 Å². The van der Waals surface area contributed by atoms with Crippen molar-refractivity contribution in [1.29, 1.82) is 0 Å². The van der Waals surface area contributed by atoms with Crippen LogP contribution >= 0.6 is 0 Å². The van der Waals surface area contributed by atoms with Crippen molar-refractivity contribution < 1.29 is 19.4 Å². The van der Waals surface area contributed by atoms with Crippen LogP contribution in [-0.2, 0) is 28.9 Å². The van der Waals surface area contributed by atoms with Crippen molar-refractivity contribution in [1.82, 2.24) is 20.0 Å². The number of anilines is 1. The smallest absolute Gasteiger partial charge is 0.228 e. The summed E-state index contributed by atoms with van der Waals surface area (Å²) in [7, 11) is -2.51. The van der Waals surface area contributed by atoms with Gasteiger partial charge in [-0.25, -0.2) is 0 Å². The van der Waals surface area contributed by atoms with Crippen molar-refractivity contribution in [3.05, 3.63) is 114 Å². The number of hydrogen-bond acceptors (Lipinski definition) is 6. The van der Waals surface area contributed by atoms with E-state index in [1.807, 2.05) is 96.9 Å². The lowest BCUT2D eigenvalue weighted by Crippen LogP contribution is -2.40. The van der Waals surface area contributed by atoms with Crippen LogP contribution in [0.4, 0.5) is 5.69 Å². The number of rotatable bonds is 13. The molecule has 0 aliphatic carbocycles. The Morgan fingerprint density at radius 1 is 1.02 bits per heavy atom. The first-order valence-corrected chi connectivity index (χ1v) is 19.6. The van der Waals surface area contributed by atoms with E-state index in [1.54, 1.807) is 0 Å². The number of para-hydroxylation sites is 1. The molecular formula is C37H45N5O4Si. The Morgan fingerprint density at radius 2 is 1.77 bits per heavy atom. The Bertz CT molecular complexity index is 1760. The molecule has 5 atom stereocenters. The first-order chi connectivity index (χ1) is 22.7. The van der Waals surface area contributed by atoms with Gasteiger partial charge in [-0.1, -0.05) is 72.8 Å². The molecule has 1 unspecified atom stereocenters. The highest BCUT2D eigenvalue weighted by Gasteiger charge is 2.49. The maximum atomic E-state index is 12.8. The lowest BCUT2D eigenvalue weighted by molar-refractivity contribution is -0.115. The number of fused-ring (bicyclic) bond motifs is 1. The van der Waals surface area contributed by atoms with Crippen LogP contribution in [0.3, 0.4) is 0 Å². The minimum absolute atomic E-state index is 0.0385. The Kier molecular flexibility index (Phi) is 10.0. The Morgan fingerprint density at radius 3 is 2.51 bits per heavy atom. The molecule has 0 radical (unpaired) electrons. The van der Waals surface area contributed by atoms with Gasteiger partial charge < -0.3 is 24.9 Å². The monoisotopic (exact) mass is 651 g/mol. The van der Waals surface area contributed by atoms with Crippen molar-refractivity contribution in [2.45, 2.75) is 75.9 Å². The number of carbonyl (C=O) groups excluding carboxylic acids is 1. The summed E-state index contributed by atoms with van der Waals surface area (Å²) in [5.74, 6) is -0.0303. The van der Waals surface area contributed by atoms with Gasteiger partial charge in [0.2, 0.25) is 5.91 Å². The summed E-state index contributed by atoms with van der Waals surface area (Å²) in [4.78, 5) is 27.3. The second-order valence-corrected chi connectivity index (χ2v) is 17.4. The predicted molar refractivity (Wildman–Crippen MR) is 187 cm³/mol. The fraction of sp³-hybridized carbons (Fsp3) is 0.378. The van der Waals surface area contributed by atoms with Crippen LogP contribution in [0.5, 0.6) is 0 Å². The number of aryl methyl sites for hydroxylation is 2. The molecule has 47 heavy (non-hydrogen) atoms. The summed E-state index contributed by atoms with van der Waals surface area (Å²) >= 11 is 0. The van der Waals surface area contributed by atoms with Gasteiger partial charge in [0.05, 0.1) is 36.8 Å². The molecule has 2 aromatic heterocycles. The Labute approximate surface area is 277 Å². The molecule has 3 aromatic carbocycles. The molecule has 1 saturated heterocycles. The number of hydrogen-bond donors (Lipinski definition) is 4. The van der Waals surface area contributed by atoms with Crippen LogP contribution < -0.4 is 5.32 Å². The average molecular weight is 652 g/mol. The number of aliphatic hydroxyl groups is 1. The predicted octanol–water partition coefficient (Wildman–Crippen LogP) is 6.06. The molecule has 0 saturated carbocycles. The molecule has 6 rings (SSSR count). The van der Waals surface area contributed by atoms with Crippen molar-refractivity contribution in [3.8, 4) is 0 Å². The number of carbonyl (C=O) groups is 1. The third-order valence-corrected chi connectivity index (χ3v) is 12.2. The molecular weight excluding hydrogens is 607 g/mol. The number of aromatic amines is 1. The van der Waals surface area contributed by atoms with E-state index in [1.165, 1.54) is 5.56 Å². The van der Waals surface area contributed by atoms with Crippen molar-refractivity contribution in [2.24, 2.45) is 5.92 Å². The van der Waals surface area contributed by atoms with Crippen LogP contribution in [-0.4, -0.2) is 62.9 Å². The van der Waals surface area contributed by atoms with Crippen LogP contribution in [0.2, 0.25) is 18.6 Å². The number of aliphatic hydroxyl groups excluding tert-OH is 1. The summed E-state index contributed by atoms with van der Waals surface area (Å²) < 4.78 is 8.50. The lowest BCUT2D eigenvalue weighted by Gasteiger charge is -2.30. The maximum absolute atomic E-state index is 12.8. The van der Waals surface area contributed by atoms with E-state index in [2.05, 4.69) is 39.7 Å². The first-order valence-electron chi connectivity index (χ1n) is 16.6. The summed E-state index contributed by atoms with van der Waals surface area (Å²) in [6.45, 7) is 6.82. The van der Waals surface area contributed by atoms with Crippen LogP contribution in [0.25, 0.3) is 10.9 Å². The quantitative estimate of drug-likeness (QED) is 0.115. The van der Waals surface area contributed by atoms with Gasteiger partial charge in [-0.15, -0.1) is 5.10 Å². The average Bonchev–Trinajstić information content (AvgIpc) is 3.78. The summed E-state index contributed by atoms with van der Waals surface area (Å²) in [5.41, 5.74) is 5.83. The van der Waals surface area contributed by atoms with Gasteiger partial charge >= 0.3 is 0 Å². The maximum Gasteiger partial charge on any atom is 0.228 e. The molecule has 0 spiro atoms. The van der Waals surface area contributed by atoms with Gasteiger partial charge in [-0.3, -0.25) is 9.48 Å². The van der Waals surface area contributed by atoms with Crippen LogP contribution in [0.1, 0.15) is 48.1 Å². The Balaban J connectivity index is 1.02. The van der Waals surface area contributed by atoms with E-state index in [4.69, 9.17) is 4.74 Å². The highest BCUT2D eigenvalue weighted by atomic mass is 28.4. The van der Waals surface area contributed by atoms with Crippen LogP contribution in [0, 0.1) is 5.92 Å². The van der Waals surface area contributed by atoms with Gasteiger partial charge in [0.25, 0.3) is 0 Å². The van der Waals surface area contributed by atoms with Gasteiger partial charge in [0.15, 0.2) is 8.32 Å². The van der Waals surface area contributed by atoms with Gasteiger partial charge in [-0.05, 0) is 73.2 Å². The number of nitrogens with one attached hydrogen (secondary N) is 2. The second-order valence-electron chi connectivity index (χ2n) is 13.4. The zero-order chi connectivity index (χ0) is 33.0. The van der Waals surface area contributed by atoms with Crippen LogP contribution in [0.15, 0.2) is 91.3 Å². The molecule has 0 bridgehead atoms. The zero-order valence-corrected chi connectivity index (χ0v) is 28.3. The first kappa shape index (κ1) is 32.8. The number of nitrogens with zero attached hydrogens (tertiary/aromatic N) is 3. The van der Waals surface area contributed by atoms with E-state index in [-0.39, 0.29) is 42.1 Å². The Hall–Kier alpha value is -4.09. The van der Waals surface area contributed by atoms with Gasteiger partial charge in [-0.2, -0.15) is 0 Å². The van der Waals surface area contributed by atoms with E-state index >= 15 is 0 Å². The van der Waals surface area contributed by atoms with Crippen molar-refractivity contribution >= 4 is 30.8 Å². The largest absolute Gasteiger partial charge is 0.432 e. The third kappa shape index (κ3) is 7.73. The topological polar surface area (TPSA) is 125 Å². The summed E-state index contributed by atoms with van der Waals surface area (Å²) in [6, 6.07) is 25.9. The minimum atomic E-state index is -2.51. The molecule has 10 heteroatoms. The molecule has 1 amide bonds. The number of ether oxygens (including phenoxy) is 1. The van der Waals surface area contributed by atoms with Crippen molar-refractivity contribution in [3.63, 3.8) is 0 Å². The minimum Gasteiger partial charge on any atom is -0.432 e. The molecule has 1 fully saturated rings. The summed E-state index contributed by atoms with van der Waals surface area (Å²) in [5, 5.41) is 22.9.